The minimum absolute atomic E-state index is 0.232. The van der Waals surface area contributed by atoms with Crippen molar-refractivity contribution in [2.75, 3.05) is 21.0 Å². The van der Waals surface area contributed by atoms with E-state index in [1.807, 2.05) is 16.7 Å². The number of hydrogen-bond acceptors (Lipinski definition) is 6. The van der Waals surface area contributed by atoms with Crippen molar-refractivity contribution in [1.29, 1.82) is 0 Å². The fraction of sp³-hybridized carbons (Fsp3) is 0.300. The Labute approximate surface area is 165 Å². The van der Waals surface area contributed by atoms with Gasteiger partial charge in [-0.2, -0.15) is 4.99 Å². The maximum absolute atomic E-state index is 12.8. The minimum Gasteiger partial charge on any atom is -0.493 e. The lowest BCUT2D eigenvalue weighted by Crippen LogP contribution is -2.17. The molecule has 1 aliphatic rings. The number of rotatable bonds is 5. The molecular weight excluding hydrogens is 380 g/mol. The van der Waals surface area contributed by atoms with E-state index in [2.05, 4.69) is 11.9 Å². The lowest BCUT2D eigenvalue weighted by atomic mass is 10.2. The highest BCUT2D eigenvalue weighted by Gasteiger charge is 2.18. The maximum Gasteiger partial charge on any atom is 0.279 e. The van der Waals surface area contributed by atoms with Crippen molar-refractivity contribution in [2.45, 2.75) is 19.9 Å². The van der Waals surface area contributed by atoms with Crippen molar-refractivity contribution < 1.29 is 23.7 Å². The molecule has 28 heavy (non-hydrogen) atoms. The number of ether oxygens (including phenoxy) is 4. The molecule has 1 amide bonds. The molecule has 0 unspecified atom stereocenters. The Kier molecular flexibility index (Phi) is 4.95. The van der Waals surface area contributed by atoms with Crippen LogP contribution in [-0.2, 0) is 6.54 Å². The van der Waals surface area contributed by atoms with Crippen LogP contribution in [0.4, 0.5) is 0 Å². The van der Waals surface area contributed by atoms with E-state index < -0.39 is 0 Å². The number of thiazole rings is 1. The van der Waals surface area contributed by atoms with Gasteiger partial charge in [-0.15, -0.1) is 0 Å². The molecule has 0 radical (unpaired) electrons. The van der Waals surface area contributed by atoms with E-state index in [1.165, 1.54) is 18.4 Å². The van der Waals surface area contributed by atoms with E-state index >= 15 is 0 Å². The average molecular weight is 400 g/mol. The molecule has 0 spiro atoms. The number of carbonyl (C=O) groups excluding carboxylic acids is 1. The topological polar surface area (TPSA) is 71.3 Å². The van der Waals surface area contributed by atoms with Crippen LogP contribution in [0.15, 0.2) is 35.3 Å². The van der Waals surface area contributed by atoms with Crippen LogP contribution in [-0.4, -0.2) is 31.5 Å². The van der Waals surface area contributed by atoms with Crippen molar-refractivity contribution in [3.63, 3.8) is 0 Å². The lowest BCUT2D eigenvalue weighted by Gasteiger charge is -2.07. The van der Waals surface area contributed by atoms with Gasteiger partial charge in [0.1, 0.15) is 0 Å². The number of fused-ring (bicyclic) bond motifs is 2. The SMILES string of the molecule is CCCn1c(=NC(=O)c2ccc(OC)c(OC)c2)sc2cc3c(cc21)OCO3. The van der Waals surface area contributed by atoms with E-state index in [9.17, 15) is 4.79 Å². The molecule has 7 nitrogen and oxygen atoms in total. The lowest BCUT2D eigenvalue weighted by molar-refractivity contribution is 0.0997. The van der Waals surface area contributed by atoms with Crippen LogP contribution in [0, 0.1) is 0 Å². The summed E-state index contributed by atoms with van der Waals surface area (Å²) < 4.78 is 24.5. The molecular formula is C20H20N2O5S. The average Bonchev–Trinajstić information content (AvgIpc) is 3.30. The van der Waals surface area contributed by atoms with Crippen LogP contribution < -0.4 is 23.7 Å². The number of benzene rings is 2. The van der Waals surface area contributed by atoms with E-state index in [0.717, 1.165) is 28.9 Å². The van der Waals surface area contributed by atoms with Crippen LogP contribution in [0.1, 0.15) is 23.7 Å². The van der Waals surface area contributed by atoms with Crippen molar-refractivity contribution in [2.24, 2.45) is 4.99 Å². The second-order valence-electron chi connectivity index (χ2n) is 6.20. The van der Waals surface area contributed by atoms with Gasteiger partial charge in [0, 0.05) is 24.2 Å². The Hall–Kier alpha value is -3.00. The molecule has 8 heteroatoms. The zero-order valence-electron chi connectivity index (χ0n) is 15.9. The van der Waals surface area contributed by atoms with Crippen LogP contribution in [0.25, 0.3) is 10.2 Å². The summed E-state index contributed by atoms with van der Waals surface area (Å²) in [6, 6.07) is 8.91. The van der Waals surface area contributed by atoms with E-state index in [-0.39, 0.29) is 12.7 Å². The highest BCUT2D eigenvalue weighted by Crippen LogP contribution is 2.37. The summed E-state index contributed by atoms with van der Waals surface area (Å²) >= 11 is 1.45. The van der Waals surface area contributed by atoms with Gasteiger partial charge in [-0.1, -0.05) is 18.3 Å². The first-order valence-electron chi connectivity index (χ1n) is 8.88. The van der Waals surface area contributed by atoms with Gasteiger partial charge in [0.2, 0.25) is 6.79 Å². The molecule has 1 aliphatic heterocycles. The Balaban J connectivity index is 1.80. The zero-order valence-corrected chi connectivity index (χ0v) is 16.7. The predicted octanol–water partition coefficient (Wildman–Crippen LogP) is 3.60. The molecule has 3 aromatic rings. The fourth-order valence-electron chi connectivity index (χ4n) is 3.11. The van der Waals surface area contributed by atoms with Crippen LogP contribution >= 0.6 is 11.3 Å². The Morgan fingerprint density at radius 2 is 1.89 bits per heavy atom. The minimum atomic E-state index is -0.336. The Morgan fingerprint density at radius 1 is 1.14 bits per heavy atom. The normalized spacial score (nSPS) is 13.2. The van der Waals surface area contributed by atoms with Crippen LogP contribution in [0.2, 0.25) is 0 Å². The number of aromatic nitrogens is 1. The zero-order chi connectivity index (χ0) is 19.7. The molecule has 0 atom stereocenters. The van der Waals surface area contributed by atoms with Gasteiger partial charge in [0.25, 0.3) is 5.91 Å². The third kappa shape index (κ3) is 3.20. The van der Waals surface area contributed by atoms with E-state index in [0.29, 0.717) is 27.6 Å². The standard InChI is InChI=1S/C20H20N2O5S/c1-4-7-22-13-9-16-17(27-11-26-16)10-18(13)28-20(22)21-19(23)12-5-6-14(24-2)15(8-12)25-3/h5-6,8-10H,4,7,11H2,1-3H3. The van der Waals surface area contributed by atoms with Gasteiger partial charge >= 0.3 is 0 Å². The molecule has 0 fully saturated rings. The predicted molar refractivity (Wildman–Crippen MR) is 106 cm³/mol. The molecule has 146 valence electrons. The number of hydrogen-bond donors (Lipinski definition) is 0. The summed E-state index contributed by atoms with van der Waals surface area (Å²) in [4.78, 5) is 17.8. The quantitative estimate of drug-likeness (QED) is 0.654. The highest BCUT2D eigenvalue weighted by atomic mass is 32.1. The first-order valence-corrected chi connectivity index (χ1v) is 9.70. The third-order valence-electron chi connectivity index (χ3n) is 4.45. The monoisotopic (exact) mass is 400 g/mol. The molecule has 2 heterocycles. The molecule has 0 aliphatic carbocycles. The molecule has 0 N–H and O–H groups in total. The second kappa shape index (κ2) is 7.55. The summed E-state index contributed by atoms with van der Waals surface area (Å²) in [5, 5.41) is 0. The van der Waals surface area contributed by atoms with E-state index in [1.54, 1.807) is 25.3 Å². The summed E-state index contributed by atoms with van der Waals surface area (Å²) in [5.41, 5.74) is 1.42. The van der Waals surface area contributed by atoms with Crippen molar-refractivity contribution >= 4 is 27.5 Å². The molecule has 4 rings (SSSR count). The molecule has 2 aromatic carbocycles. The molecule has 0 saturated heterocycles. The fourth-order valence-corrected chi connectivity index (χ4v) is 4.17. The summed E-state index contributed by atoms with van der Waals surface area (Å²) in [7, 11) is 3.09. The summed E-state index contributed by atoms with van der Waals surface area (Å²) in [6.45, 7) is 3.07. The van der Waals surface area contributed by atoms with E-state index in [4.69, 9.17) is 18.9 Å². The summed E-state index contributed by atoms with van der Waals surface area (Å²) in [6.07, 6.45) is 0.915. The number of nitrogens with zero attached hydrogens (tertiary/aromatic N) is 2. The second-order valence-corrected chi connectivity index (χ2v) is 7.21. The summed E-state index contributed by atoms with van der Waals surface area (Å²) in [5.74, 6) is 2.16. The first-order chi connectivity index (χ1) is 13.6. The number of amides is 1. The van der Waals surface area contributed by atoms with Crippen LogP contribution in [0.5, 0.6) is 23.0 Å². The Bertz CT molecular complexity index is 1120. The molecule has 0 saturated carbocycles. The maximum atomic E-state index is 12.8. The Morgan fingerprint density at radius 3 is 2.61 bits per heavy atom. The van der Waals surface area contributed by atoms with Gasteiger partial charge < -0.3 is 23.5 Å². The number of carbonyl (C=O) groups is 1. The van der Waals surface area contributed by atoms with Gasteiger partial charge in [0.15, 0.2) is 27.8 Å². The smallest absolute Gasteiger partial charge is 0.279 e. The largest absolute Gasteiger partial charge is 0.493 e. The van der Waals surface area contributed by atoms with Crippen LogP contribution in [0.3, 0.4) is 0 Å². The first kappa shape index (κ1) is 18.4. The van der Waals surface area contributed by atoms with Gasteiger partial charge in [0.05, 0.1) is 24.4 Å². The molecule has 1 aromatic heterocycles. The number of methoxy groups -OCH3 is 2. The van der Waals surface area contributed by atoms with Gasteiger partial charge in [-0.3, -0.25) is 4.79 Å². The van der Waals surface area contributed by atoms with Gasteiger partial charge in [-0.05, 0) is 24.6 Å². The number of aryl methyl sites for hydroxylation is 1. The van der Waals surface area contributed by atoms with Crippen molar-refractivity contribution in [3.05, 3.63) is 40.7 Å². The van der Waals surface area contributed by atoms with Crippen molar-refractivity contribution in [1.82, 2.24) is 4.57 Å². The van der Waals surface area contributed by atoms with Gasteiger partial charge in [-0.25, -0.2) is 0 Å². The third-order valence-corrected chi connectivity index (χ3v) is 5.49. The molecule has 0 bridgehead atoms. The van der Waals surface area contributed by atoms with Crippen molar-refractivity contribution in [3.8, 4) is 23.0 Å². The highest BCUT2D eigenvalue weighted by molar-refractivity contribution is 7.16.